The summed E-state index contributed by atoms with van der Waals surface area (Å²) < 4.78 is 2.21. The van der Waals surface area contributed by atoms with Gasteiger partial charge in [-0.25, -0.2) is 4.98 Å². The van der Waals surface area contributed by atoms with Gasteiger partial charge in [0.25, 0.3) is 0 Å². The summed E-state index contributed by atoms with van der Waals surface area (Å²) in [5.74, 6) is 0.866. The van der Waals surface area contributed by atoms with Gasteiger partial charge in [0.15, 0.2) is 0 Å². The second-order valence-electron chi connectivity index (χ2n) is 18.6. The van der Waals surface area contributed by atoms with E-state index in [4.69, 9.17) is 15.0 Å². The molecule has 0 saturated heterocycles. The first kappa shape index (κ1) is 37.8. The van der Waals surface area contributed by atoms with Gasteiger partial charge >= 0.3 is 0 Å². The number of pyridine rings is 2. The monoisotopic (exact) mass is 748 g/mol. The van der Waals surface area contributed by atoms with Crippen molar-refractivity contribution in [1.82, 2.24) is 19.5 Å². The number of para-hydroxylation sites is 1. The lowest BCUT2D eigenvalue weighted by Gasteiger charge is -2.22. The number of benzene rings is 5. The summed E-state index contributed by atoms with van der Waals surface area (Å²) in [4.78, 5) is 15.3. The number of hydrogen-bond acceptors (Lipinski definition) is 4. The fourth-order valence-electron chi connectivity index (χ4n) is 7.97. The molecule has 1 N–H and O–H groups in total. The Bertz CT molecular complexity index is 2790. The quantitative estimate of drug-likeness (QED) is 0.190. The zero-order valence-corrected chi connectivity index (χ0v) is 34.9. The zero-order valence-electron chi connectivity index (χ0n) is 34.9. The molecule has 286 valence electrons. The molecule has 8 aromatic rings. The van der Waals surface area contributed by atoms with E-state index in [1.165, 1.54) is 16.5 Å². The molecule has 3 heterocycles. The van der Waals surface area contributed by atoms with Crippen molar-refractivity contribution >= 4 is 21.9 Å². The summed E-state index contributed by atoms with van der Waals surface area (Å²) in [6.07, 6.45) is 3.78. The number of phenolic OH excluding ortho intramolecular Hbond substituents is 1. The minimum Gasteiger partial charge on any atom is -0.507 e. The maximum absolute atomic E-state index is 11.6. The average molecular weight is 749 g/mol. The van der Waals surface area contributed by atoms with Crippen LogP contribution in [0.1, 0.15) is 84.6 Å². The Labute approximate surface area is 337 Å². The molecule has 3 aromatic heterocycles. The maximum Gasteiger partial charge on any atom is 0.149 e. The van der Waals surface area contributed by atoms with Crippen LogP contribution in [0.4, 0.5) is 0 Å². The molecular weight excluding hydrogens is 697 g/mol. The molecule has 5 heteroatoms. The minimum absolute atomic E-state index is 0.00617. The molecule has 0 atom stereocenters. The van der Waals surface area contributed by atoms with Gasteiger partial charge in [0.2, 0.25) is 0 Å². The van der Waals surface area contributed by atoms with E-state index in [1.54, 1.807) is 6.07 Å². The molecule has 0 unspecified atom stereocenters. The number of hydrogen-bond donors (Lipinski definition) is 1. The van der Waals surface area contributed by atoms with Gasteiger partial charge in [-0.15, -0.1) is 0 Å². The number of fused-ring (bicyclic) bond motifs is 2. The maximum atomic E-state index is 11.6. The van der Waals surface area contributed by atoms with E-state index in [9.17, 15) is 5.11 Å². The molecule has 0 aliphatic carbocycles. The molecular formula is C52H52N4O. The number of nitrogens with zero attached hydrogens (tertiary/aromatic N) is 4. The third-order valence-electron chi connectivity index (χ3n) is 11.1. The van der Waals surface area contributed by atoms with Crippen LogP contribution in [0, 0.1) is 6.92 Å². The van der Waals surface area contributed by atoms with Crippen LogP contribution in [0.3, 0.4) is 0 Å². The number of rotatable bonds is 5. The molecule has 5 aromatic carbocycles. The predicted octanol–water partition coefficient (Wildman–Crippen LogP) is 13.5. The first-order valence-corrected chi connectivity index (χ1v) is 19.9. The van der Waals surface area contributed by atoms with Gasteiger partial charge in [-0.3, -0.25) is 14.5 Å². The second-order valence-corrected chi connectivity index (χ2v) is 18.6. The lowest BCUT2D eigenvalue weighted by atomic mass is 9.84. The van der Waals surface area contributed by atoms with Crippen LogP contribution in [0.2, 0.25) is 0 Å². The average Bonchev–Trinajstić information content (AvgIpc) is 3.55. The Balaban J connectivity index is 1.45. The summed E-state index contributed by atoms with van der Waals surface area (Å²) in [5.41, 5.74) is 15.1. The van der Waals surface area contributed by atoms with Crippen LogP contribution < -0.4 is 0 Å². The first-order chi connectivity index (χ1) is 27.0. The number of imidazole rings is 1. The number of phenols is 1. The molecule has 0 bridgehead atoms. The molecule has 5 nitrogen and oxygen atoms in total. The van der Waals surface area contributed by atoms with Crippen molar-refractivity contribution in [2.24, 2.45) is 0 Å². The topological polar surface area (TPSA) is 63.8 Å². The van der Waals surface area contributed by atoms with Crippen LogP contribution >= 0.6 is 0 Å². The highest BCUT2D eigenvalue weighted by Gasteiger charge is 2.25. The molecule has 0 saturated carbocycles. The standard InChI is InChI=1S/C52H52N4O/c1-32-26-33(39-14-13-15-40-43(52(8,9)10)23-25-54-47(39)40)28-34(27-32)41-29-35(44-16-11-12-24-53-44)30-45-48(41)55-49(42-31-37(51(5,6)7)19-22-46(42)57)56(45)38-20-17-36(18-21-38)50(2,3)4/h11-31,57H,1-10H3. The van der Waals surface area contributed by atoms with Gasteiger partial charge in [-0.2, -0.15) is 0 Å². The molecule has 0 amide bonds. The van der Waals surface area contributed by atoms with Crippen molar-refractivity contribution in [3.63, 3.8) is 0 Å². The van der Waals surface area contributed by atoms with E-state index >= 15 is 0 Å². The second kappa shape index (κ2) is 13.8. The predicted molar refractivity (Wildman–Crippen MR) is 238 cm³/mol. The Kier molecular flexibility index (Phi) is 9.19. The number of aryl methyl sites for hydroxylation is 1. The largest absolute Gasteiger partial charge is 0.507 e. The number of aromatic nitrogens is 4. The van der Waals surface area contributed by atoms with Crippen LogP contribution in [0.25, 0.3) is 72.5 Å². The molecule has 57 heavy (non-hydrogen) atoms. The van der Waals surface area contributed by atoms with Gasteiger partial charge in [-0.1, -0.05) is 117 Å². The van der Waals surface area contributed by atoms with E-state index in [2.05, 4.69) is 165 Å². The fraction of sp³-hybridized carbons (Fsp3) is 0.250. The van der Waals surface area contributed by atoms with Crippen LogP contribution in [-0.4, -0.2) is 24.6 Å². The number of aromatic hydroxyl groups is 1. The van der Waals surface area contributed by atoms with Crippen molar-refractivity contribution in [3.05, 3.63) is 150 Å². The Morgan fingerprint density at radius 2 is 1.23 bits per heavy atom. The Morgan fingerprint density at radius 1 is 0.526 bits per heavy atom. The molecule has 0 fully saturated rings. The van der Waals surface area contributed by atoms with Gasteiger partial charge in [0, 0.05) is 40.2 Å². The summed E-state index contributed by atoms with van der Waals surface area (Å²) in [7, 11) is 0. The summed E-state index contributed by atoms with van der Waals surface area (Å²) >= 11 is 0. The summed E-state index contributed by atoms with van der Waals surface area (Å²) in [5, 5.41) is 12.8. The van der Waals surface area contributed by atoms with Gasteiger partial charge in [0.1, 0.15) is 11.6 Å². The minimum atomic E-state index is -0.132. The lowest BCUT2D eigenvalue weighted by molar-refractivity contribution is 0.475. The highest BCUT2D eigenvalue weighted by atomic mass is 16.3. The summed E-state index contributed by atoms with van der Waals surface area (Å²) in [6.45, 7) is 22.2. The highest BCUT2D eigenvalue weighted by molar-refractivity contribution is 6.01. The van der Waals surface area contributed by atoms with Crippen molar-refractivity contribution in [2.45, 2.75) is 85.5 Å². The van der Waals surface area contributed by atoms with E-state index < -0.39 is 0 Å². The molecule has 0 aliphatic rings. The zero-order chi connectivity index (χ0) is 40.4. The van der Waals surface area contributed by atoms with Crippen molar-refractivity contribution in [2.75, 3.05) is 0 Å². The van der Waals surface area contributed by atoms with Crippen LogP contribution in [0.15, 0.2) is 128 Å². The van der Waals surface area contributed by atoms with Gasteiger partial charge in [-0.05, 0) is 117 Å². The van der Waals surface area contributed by atoms with Gasteiger partial charge in [0.05, 0.1) is 27.8 Å². The molecule has 0 radical (unpaired) electrons. The van der Waals surface area contributed by atoms with Crippen molar-refractivity contribution in [1.29, 1.82) is 0 Å². The summed E-state index contributed by atoms with van der Waals surface area (Å²) in [6, 6.07) is 40.5. The van der Waals surface area contributed by atoms with Crippen molar-refractivity contribution in [3.8, 4) is 56.3 Å². The Morgan fingerprint density at radius 3 is 1.89 bits per heavy atom. The molecule has 0 spiro atoms. The SMILES string of the molecule is Cc1cc(-c2cccc3c(C(C)(C)C)ccnc23)cc(-c2cc(-c3ccccn3)cc3c2nc(-c2cc(C(C)(C)C)ccc2O)n3-c2ccc(C(C)(C)C)cc2)c1. The van der Waals surface area contributed by atoms with Gasteiger partial charge < -0.3 is 5.11 Å². The third-order valence-corrected chi connectivity index (χ3v) is 11.1. The lowest BCUT2D eigenvalue weighted by Crippen LogP contribution is -2.12. The molecule has 8 rings (SSSR count). The first-order valence-electron chi connectivity index (χ1n) is 19.9. The smallest absolute Gasteiger partial charge is 0.149 e. The van der Waals surface area contributed by atoms with E-state index in [-0.39, 0.29) is 22.0 Å². The van der Waals surface area contributed by atoms with E-state index in [0.29, 0.717) is 11.4 Å². The van der Waals surface area contributed by atoms with Crippen LogP contribution in [0.5, 0.6) is 5.75 Å². The van der Waals surface area contributed by atoms with E-state index in [0.717, 1.165) is 66.9 Å². The normalized spacial score (nSPS) is 12.5. The third kappa shape index (κ3) is 7.12. The van der Waals surface area contributed by atoms with Crippen LogP contribution in [-0.2, 0) is 16.2 Å². The highest BCUT2D eigenvalue weighted by Crippen LogP contribution is 2.43. The molecule has 0 aliphatic heterocycles. The van der Waals surface area contributed by atoms with Crippen molar-refractivity contribution < 1.29 is 5.11 Å². The Hall–Kier alpha value is -6.07. The van der Waals surface area contributed by atoms with E-state index in [1.807, 2.05) is 30.6 Å². The fourth-order valence-corrected chi connectivity index (χ4v) is 7.97.